The largest absolute Gasteiger partial charge is 0.322 e. The lowest BCUT2D eigenvalue weighted by atomic mass is 10.1. The molecule has 1 N–H and O–H groups in total. The minimum Gasteiger partial charge on any atom is -0.322 e. The van der Waals surface area contributed by atoms with Crippen molar-refractivity contribution in [1.29, 1.82) is 0 Å². The van der Waals surface area contributed by atoms with Crippen molar-refractivity contribution in [2.24, 2.45) is 5.92 Å². The molecule has 0 aromatic heterocycles. The van der Waals surface area contributed by atoms with Gasteiger partial charge >= 0.3 is 0 Å². The monoisotopic (exact) mass is 288 g/mol. The molecule has 1 heterocycles. The number of carbonyl (C=O) groups excluding carboxylic acids is 1. The molecule has 2 fully saturated rings. The lowest BCUT2D eigenvalue weighted by Gasteiger charge is -2.30. The molecule has 2 unspecified atom stereocenters. The maximum absolute atomic E-state index is 12.5. The highest BCUT2D eigenvalue weighted by Crippen LogP contribution is 2.43. The van der Waals surface area contributed by atoms with E-state index in [1.165, 1.54) is 6.26 Å². The van der Waals surface area contributed by atoms with Gasteiger partial charge in [-0.1, -0.05) is 13.8 Å². The van der Waals surface area contributed by atoms with Crippen molar-refractivity contribution in [2.75, 3.05) is 12.0 Å². The number of carbonyl (C=O) groups is 1. The van der Waals surface area contributed by atoms with Crippen LogP contribution in [0.4, 0.5) is 0 Å². The summed E-state index contributed by atoms with van der Waals surface area (Å²) in [5.74, 6) is 0.590. The summed E-state index contributed by atoms with van der Waals surface area (Å²) in [5, 5.41) is 3.42. The molecule has 110 valence electrons. The van der Waals surface area contributed by atoms with E-state index >= 15 is 0 Å². The number of nitrogens with one attached hydrogen (secondary N) is 1. The van der Waals surface area contributed by atoms with Crippen LogP contribution in [0.1, 0.15) is 40.0 Å². The van der Waals surface area contributed by atoms with Crippen molar-refractivity contribution >= 4 is 15.7 Å². The van der Waals surface area contributed by atoms with Gasteiger partial charge in [-0.15, -0.1) is 0 Å². The van der Waals surface area contributed by atoms with Crippen LogP contribution in [-0.2, 0) is 14.6 Å². The molecule has 19 heavy (non-hydrogen) atoms. The van der Waals surface area contributed by atoms with Gasteiger partial charge in [-0.25, -0.2) is 8.42 Å². The summed E-state index contributed by atoms with van der Waals surface area (Å²) in [6.07, 6.45) is 3.82. The van der Waals surface area contributed by atoms with Crippen molar-refractivity contribution < 1.29 is 13.2 Å². The van der Waals surface area contributed by atoms with Gasteiger partial charge in [0.15, 0.2) is 0 Å². The van der Waals surface area contributed by atoms with Crippen LogP contribution >= 0.6 is 0 Å². The summed E-state index contributed by atoms with van der Waals surface area (Å²) in [4.78, 5) is 14.2. The van der Waals surface area contributed by atoms with Crippen LogP contribution in [0.15, 0.2) is 0 Å². The Kier molecular flexibility index (Phi) is 3.68. The second kappa shape index (κ2) is 4.74. The van der Waals surface area contributed by atoms with E-state index in [1.54, 1.807) is 4.90 Å². The zero-order chi connectivity index (χ0) is 14.4. The van der Waals surface area contributed by atoms with Crippen molar-refractivity contribution in [1.82, 2.24) is 10.2 Å². The van der Waals surface area contributed by atoms with Gasteiger partial charge in [0, 0.05) is 12.3 Å². The maximum Gasteiger partial charge on any atom is 0.244 e. The smallest absolute Gasteiger partial charge is 0.244 e. The Balaban J connectivity index is 2.16. The van der Waals surface area contributed by atoms with Crippen LogP contribution in [0.2, 0.25) is 0 Å². The molecule has 0 aromatic carbocycles. The molecular formula is C13H24N2O3S. The molecule has 6 heteroatoms. The van der Waals surface area contributed by atoms with Gasteiger partial charge in [0.1, 0.15) is 9.84 Å². The Morgan fingerprint density at radius 2 is 1.95 bits per heavy atom. The van der Waals surface area contributed by atoms with E-state index in [0.29, 0.717) is 5.92 Å². The minimum atomic E-state index is -3.07. The Hall–Kier alpha value is -0.620. The van der Waals surface area contributed by atoms with Crippen molar-refractivity contribution in [3.8, 4) is 0 Å². The zero-order valence-electron chi connectivity index (χ0n) is 12.1. The molecule has 1 aliphatic carbocycles. The van der Waals surface area contributed by atoms with E-state index in [0.717, 1.165) is 19.3 Å². The Labute approximate surface area is 115 Å². The summed E-state index contributed by atoms with van der Waals surface area (Å²) in [6.45, 7) is 6.06. The highest BCUT2D eigenvalue weighted by Gasteiger charge is 2.59. The van der Waals surface area contributed by atoms with Gasteiger partial charge in [-0.3, -0.25) is 10.1 Å². The van der Waals surface area contributed by atoms with E-state index in [2.05, 4.69) is 19.2 Å². The zero-order valence-corrected chi connectivity index (χ0v) is 13.0. The van der Waals surface area contributed by atoms with Crippen LogP contribution in [0.3, 0.4) is 0 Å². The minimum absolute atomic E-state index is 0.0215. The van der Waals surface area contributed by atoms with E-state index in [9.17, 15) is 13.2 Å². The second-order valence-electron chi connectivity index (χ2n) is 6.53. The van der Waals surface area contributed by atoms with Crippen molar-refractivity contribution in [3.05, 3.63) is 0 Å². The Bertz CT molecular complexity index is 468. The summed E-state index contributed by atoms with van der Waals surface area (Å²) in [6, 6.07) is -0.265. The fraction of sp³-hybridized carbons (Fsp3) is 0.923. The standard InChI is InChI=1S/C13H24N2O3S/c1-9(2)7-11-14-13(5-6-13)12(16)15(11)10(3)8-19(4,17)18/h9-11,14H,5-8H2,1-4H3. The summed E-state index contributed by atoms with van der Waals surface area (Å²) < 4.78 is 22.9. The van der Waals surface area contributed by atoms with E-state index in [4.69, 9.17) is 0 Å². The Morgan fingerprint density at radius 3 is 2.37 bits per heavy atom. The molecule has 1 saturated heterocycles. The number of hydrogen-bond donors (Lipinski definition) is 1. The number of amides is 1. The van der Waals surface area contributed by atoms with Crippen LogP contribution in [0.5, 0.6) is 0 Å². The van der Waals surface area contributed by atoms with E-state index < -0.39 is 9.84 Å². The third-order valence-electron chi connectivity index (χ3n) is 3.89. The maximum atomic E-state index is 12.5. The molecular weight excluding hydrogens is 264 g/mol. The molecule has 1 aliphatic heterocycles. The molecule has 2 atom stereocenters. The lowest BCUT2D eigenvalue weighted by molar-refractivity contribution is -0.132. The predicted octanol–water partition coefficient (Wildman–Crippen LogP) is 0.756. The molecule has 2 rings (SSSR count). The first-order valence-electron chi connectivity index (χ1n) is 6.93. The Morgan fingerprint density at radius 1 is 1.37 bits per heavy atom. The van der Waals surface area contributed by atoms with Gasteiger partial charge in [0.25, 0.3) is 0 Å². The second-order valence-corrected chi connectivity index (χ2v) is 8.71. The highest BCUT2D eigenvalue weighted by molar-refractivity contribution is 7.90. The molecule has 2 aliphatic rings. The SMILES string of the molecule is CC(C)CC1NC2(CC2)C(=O)N1C(C)CS(C)(=O)=O. The normalized spacial score (nSPS) is 27.3. The third-order valence-corrected chi connectivity index (χ3v) is 4.97. The third kappa shape index (κ3) is 3.11. The van der Waals surface area contributed by atoms with Crippen LogP contribution in [-0.4, -0.2) is 49.0 Å². The topological polar surface area (TPSA) is 66.5 Å². The molecule has 0 aromatic rings. The number of nitrogens with zero attached hydrogens (tertiary/aromatic N) is 1. The lowest BCUT2D eigenvalue weighted by Crippen LogP contribution is -2.46. The fourth-order valence-corrected chi connectivity index (χ4v) is 4.00. The van der Waals surface area contributed by atoms with Crippen LogP contribution in [0.25, 0.3) is 0 Å². The highest BCUT2D eigenvalue weighted by atomic mass is 32.2. The van der Waals surface area contributed by atoms with Crippen LogP contribution in [0, 0.1) is 5.92 Å². The van der Waals surface area contributed by atoms with Gasteiger partial charge in [0.05, 0.1) is 17.5 Å². The predicted molar refractivity (Wildman–Crippen MR) is 74.4 cm³/mol. The number of hydrogen-bond acceptors (Lipinski definition) is 4. The quantitative estimate of drug-likeness (QED) is 0.811. The molecule has 1 spiro atoms. The van der Waals surface area contributed by atoms with E-state index in [1.807, 2.05) is 6.92 Å². The number of rotatable bonds is 5. The summed E-state index contributed by atoms with van der Waals surface area (Å²) in [7, 11) is -3.07. The summed E-state index contributed by atoms with van der Waals surface area (Å²) in [5.41, 5.74) is -0.370. The molecule has 1 saturated carbocycles. The fourth-order valence-electron chi connectivity index (χ4n) is 2.97. The van der Waals surface area contributed by atoms with Crippen molar-refractivity contribution in [3.63, 3.8) is 0 Å². The average Bonchev–Trinajstić information content (AvgIpc) is 2.89. The first-order chi connectivity index (χ1) is 8.65. The van der Waals surface area contributed by atoms with Crippen LogP contribution < -0.4 is 5.32 Å². The average molecular weight is 288 g/mol. The molecule has 0 radical (unpaired) electrons. The summed E-state index contributed by atoms with van der Waals surface area (Å²) >= 11 is 0. The molecule has 0 bridgehead atoms. The van der Waals surface area contributed by atoms with Gasteiger partial charge < -0.3 is 4.90 Å². The van der Waals surface area contributed by atoms with Gasteiger partial charge in [-0.2, -0.15) is 0 Å². The molecule has 1 amide bonds. The number of sulfone groups is 1. The van der Waals surface area contributed by atoms with E-state index in [-0.39, 0.29) is 29.4 Å². The molecule has 5 nitrogen and oxygen atoms in total. The van der Waals surface area contributed by atoms with Crippen molar-refractivity contribution in [2.45, 2.75) is 57.8 Å². The van der Waals surface area contributed by atoms with Gasteiger partial charge in [0.2, 0.25) is 5.91 Å². The first kappa shape index (κ1) is 14.8. The first-order valence-corrected chi connectivity index (χ1v) is 8.99. The van der Waals surface area contributed by atoms with Gasteiger partial charge in [-0.05, 0) is 32.1 Å².